The van der Waals surface area contributed by atoms with E-state index in [1.54, 1.807) is 45.0 Å². The molecule has 0 unspecified atom stereocenters. The summed E-state index contributed by atoms with van der Waals surface area (Å²) in [4.78, 5) is 16.1. The normalized spacial score (nSPS) is 11.8. The van der Waals surface area contributed by atoms with Crippen LogP contribution in [0.3, 0.4) is 0 Å². The molecule has 0 saturated heterocycles. The van der Waals surface area contributed by atoms with E-state index in [0.29, 0.717) is 11.3 Å². The van der Waals surface area contributed by atoms with Crippen molar-refractivity contribution in [2.75, 3.05) is 7.11 Å². The molecule has 6 nitrogen and oxygen atoms in total. The zero-order chi connectivity index (χ0) is 19.4. The van der Waals surface area contributed by atoms with Gasteiger partial charge >= 0.3 is 5.97 Å². The second-order valence-electron chi connectivity index (χ2n) is 6.73. The highest BCUT2D eigenvalue weighted by molar-refractivity contribution is 7.91. The van der Waals surface area contributed by atoms with Crippen molar-refractivity contribution in [3.8, 4) is 5.75 Å². The molecule has 0 atom stereocenters. The third-order valence-corrected chi connectivity index (χ3v) is 5.26. The minimum absolute atomic E-state index is 0.0475. The molecule has 1 aromatic heterocycles. The van der Waals surface area contributed by atoms with Crippen molar-refractivity contribution in [2.24, 2.45) is 0 Å². The molecule has 0 aliphatic carbocycles. The molecule has 0 bridgehead atoms. The Morgan fingerprint density at radius 1 is 1.12 bits per heavy atom. The summed E-state index contributed by atoms with van der Waals surface area (Å²) >= 11 is 0. The van der Waals surface area contributed by atoms with Crippen molar-refractivity contribution in [3.63, 3.8) is 0 Å². The van der Waals surface area contributed by atoms with E-state index in [1.165, 1.54) is 25.4 Å². The maximum Gasteiger partial charge on any atom is 0.306 e. The van der Waals surface area contributed by atoms with Gasteiger partial charge in [-0.25, -0.2) is 13.4 Å². The Bertz CT molecular complexity index is 868. The first kappa shape index (κ1) is 19.9. The Hall–Kier alpha value is -2.41. The summed E-state index contributed by atoms with van der Waals surface area (Å²) in [6, 6.07) is 9.42. The SMILES string of the molecule is COc1ccc(S(=O)(=O)c2ncccc2CCC(=O)OC(C)(C)C)cc1. The van der Waals surface area contributed by atoms with Crippen LogP contribution in [0, 0.1) is 0 Å². The Morgan fingerprint density at radius 2 is 1.77 bits per heavy atom. The number of carbonyl (C=O) groups is 1. The highest BCUT2D eigenvalue weighted by Gasteiger charge is 2.24. The molecule has 2 rings (SSSR count). The Kier molecular flexibility index (Phi) is 6.02. The van der Waals surface area contributed by atoms with Crippen molar-refractivity contribution < 1.29 is 22.7 Å². The Labute approximate surface area is 154 Å². The lowest BCUT2D eigenvalue weighted by molar-refractivity contribution is -0.154. The van der Waals surface area contributed by atoms with Gasteiger partial charge in [-0.1, -0.05) is 6.07 Å². The number of ether oxygens (including phenoxy) is 2. The first-order chi connectivity index (χ1) is 12.1. The molecule has 1 heterocycles. The van der Waals surface area contributed by atoms with Crippen LogP contribution in [0.25, 0.3) is 0 Å². The molecule has 0 fully saturated rings. The maximum absolute atomic E-state index is 12.9. The average Bonchev–Trinajstić information content (AvgIpc) is 2.59. The zero-order valence-corrected chi connectivity index (χ0v) is 16.2. The molecule has 0 saturated carbocycles. The van der Waals surface area contributed by atoms with Gasteiger partial charge in [0.2, 0.25) is 9.84 Å². The third kappa shape index (κ3) is 5.05. The van der Waals surface area contributed by atoms with Gasteiger partial charge in [-0.15, -0.1) is 0 Å². The lowest BCUT2D eigenvalue weighted by Gasteiger charge is -2.19. The smallest absolute Gasteiger partial charge is 0.306 e. The summed E-state index contributed by atoms with van der Waals surface area (Å²) in [6.45, 7) is 5.36. The summed E-state index contributed by atoms with van der Waals surface area (Å²) in [5, 5.41) is -0.0475. The molecule has 26 heavy (non-hydrogen) atoms. The second-order valence-corrected chi connectivity index (χ2v) is 8.60. The number of carbonyl (C=O) groups excluding carboxylic acids is 1. The van der Waals surface area contributed by atoms with E-state index < -0.39 is 15.4 Å². The van der Waals surface area contributed by atoms with E-state index in [1.807, 2.05) is 0 Å². The van der Waals surface area contributed by atoms with Crippen LogP contribution in [0.1, 0.15) is 32.8 Å². The average molecular weight is 377 g/mol. The number of sulfone groups is 1. The van der Waals surface area contributed by atoms with Gasteiger partial charge in [0.1, 0.15) is 11.4 Å². The predicted octanol–water partition coefficient (Wildman–Crippen LogP) is 3.20. The summed E-state index contributed by atoms with van der Waals surface area (Å²) in [5.74, 6) is 0.185. The molecule has 0 spiro atoms. The van der Waals surface area contributed by atoms with Gasteiger partial charge < -0.3 is 9.47 Å². The number of methoxy groups -OCH3 is 1. The van der Waals surface area contributed by atoms with Gasteiger partial charge in [0.05, 0.1) is 12.0 Å². The van der Waals surface area contributed by atoms with Crippen molar-refractivity contribution >= 4 is 15.8 Å². The lowest BCUT2D eigenvalue weighted by atomic mass is 10.1. The largest absolute Gasteiger partial charge is 0.497 e. The van der Waals surface area contributed by atoms with E-state index in [9.17, 15) is 13.2 Å². The first-order valence-electron chi connectivity index (χ1n) is 8.18. The molecule has 0 aliphatic rings. The first-order valence-corrected chi connectivity index (χ1v) is 9.67. The van der Waals surface area contributed by atoms with E-state index in [-0.39, 0.29) is 28.7 Å². The number of hydrogen-bond acceptors (Lipinski definition) is 6. The molecular weight excluding hydrogens is 354 g/mol. The van der Waals surface area contributed by atoms with Crippen LogP contribution in [-0.4, -0.2) is 32.1 Å². The van der Waals surface area contributed by atoms with Gasteiger partial charge in [0, 0.05) is 12.6 Å². The summed E-state index contributed by atoms with van der Waals surface area (Å²) in [7, 11) is -2.29. The van der Waals surface area contributed by atoms with E-state index in [2.05, 4.69) is 4.98 Å². The van der Waals surface area contributed by atoms with Gasteiger partial charge in [-0.05, 0) is 63.1 Å². The number of aryl methyl sites for hydroxylation is 1. The van der Waals surface area contributed by atoms with Gasteiger partial charge in [-0.2, -0.15) is 0 Å². The maximum atomic E-state index is 12.9. The fourth-order valence-electron chi connectivity index (χ4n) is 2.35. The van der Waals surface area contributed by atoms with Crippen molar-refractivity contribution in [2.45, 2.75) is 49.1 Å². The van der Waals surface area contributed by atoms with Crippen molar-refractivity contribution in [1.29, 1.82) is 0 Å². The lowest BCUT2D eigenvalue weighted by Crippen LogP contribution is -2.24. The van der Waals surface area contributed by atoms with Crippen LogP contribution < -0.4 is 4.74 Å². The summed E-state index contributed by atoms with van der Waals surface area (Å²) in [6.07, 6.45) is 1.73. The number of nitrogens with zero attached hydrogens (tertiary/aromatic N) is 1. The molecule has 0 N–H and O–H groups in total. The highest BCUT2D eigenvalue weighted by Crippen LogP contribution is 2.25. The minimum Gasteiger partial charge on any atom is -0.497 e. The number of hydrogen-bond donors (Lipinski definition) is 0. The standard InChI is InChI=1S/C19H23NO5S/c1-19(2,3)25-17(21)12-7-14-6-5-13-20-18(14)26(22,23)16-10-8-15(24-4)9-11-16/h5-6,8-11,13H,7,12H2,1-4H3. The number of esters is 1. The third-order valence-electron chi connectivity index (χ3n) is 3.49. The Morgan fingerprint density at radius 3 is 2.35 bits per heavy atom. The highest BCUT2D eigenvalue weighted by atomic mass is 32.2. The number of benzene rings is 1. The van der Waals surface area contributed by atoms with Gasteiger partial charge in [0.15, 0.2) is 5.03 Å². The fraction of sp³-hybridized carbons (Fsp3) is 0.368. The van der Waals surface area contributed by atoms with Crippen LogP contribution >= 0.6 is 0 Å². The molecule has 0 radical (unpaired) electrons. The van der Waals surface area contributed by atoms with E-state index >= 15 is 0 Å². The predicted molar refractivity (Wildman–Crippen MR) is 96.8 cm³/mol. The molecular formula is C19H23NO5S. The van der Waals surface area contributed by atoms with Crippen molar-refractivity contribution in [3.05, 3.63) is 48.2 Å². The monoisotopic (exact) mass is 377 g/mol. The summed E-state index contributed by atoms with van der Waals surface area (Å²) < 4.78 is 36.1. The van der Waals surface area contributed by atoms with Crippen LogP contribution in [0.5, 0.6) is 5.75 Å². The topological polar surface area (TPSA) is 82.6 Å². The number of pyridine rings is 1. The molecule has 1 aromatic carbocycles. The summed E-state index contributed by atoms with van der Waals surface area (Å²) in [5.41, 5.74) is -0.0986. The molecule has 0 amide bonds. The van der Waals surface area contributed by atoms with E-state index in [4.69, 9.17) is 9.47 Å². The number of aromatic nitrogens is 1. The van der Waals surface area contributed by atoms with Crippen molar-refractivity contribution in [1.82, 2.24) is 4.98 Å². The minimum atomic E-state index is -3.80. The van der Waals surface area contributed by atoms with Gasteiger partial charge in [-0.3, -0.25) is 4.79 Å². The van der Waals surface area contributed by atoms with Crippen LogP contribution in [0.4, 0.5) is 0 Å². The number of rotatable bonds is 6. The van der Waals surface area contributed by atoms with Crippen LogP contribution in [0.15, 0.2) is 52.5 Å². The molecule has 0 aliphatic heterocycles. The van der Waals surface area contributed by atoms with Gasteiger partial charge in [0.25, 0.3) is 0 Å². The molecule has 7 heteroatoms. The zero-order valence-electron chi connectivity index (χ0n) is 15.4. The fourth-order valence-corrected chi connectivity index (χ4v) is 3.78. The quantitative estimate of drug-likeness (QED) is 0.719. The van der Waals surface area contributed by atoms with E-state index in [0.717, 1.165) is 0 Å². The molecule has 2 aromatic rings. The second kappa shape index (κ2) is 7.86. The van der Waals surface area contributed by atoms with Crippen LogP contribution in [0.2, 0.25) is 0 Å². The van der Waals surface area contributed by atoms with Crippen LogP contribution in [-0.2, 0) is 25.8 Å². The Balaban J connectivity index is 2.25. The molecule has 140 valence electrons.